The number of aliphatic hydroxyl groups excluding tert-OH is 4. The lowest BCUT2D eigenvalue weighted by Crippen LogP contribution is -2.63. The summed E-state index contributed by atoms with van der Waals surface area (Å²) in [6.07, 6.45) is -4.09. The second kappa shape index (κ2) is 35.6. The van der Waals surface area contributed by atoms with Gasteiger partial charge in [-0.25, -0.2) is 9.59 Å². The molecule has 0 fully saturated rings. The van der Waals surface area contributed by atoms with E-state index in [1.807, 2.05) is 5.32 Å². The molecular weight excluding hydrogens is 1070 g/mol. The minimum absolute atomic E-state index is 0.0410. The van der Waals surface area contributed by atoms with Gasteiger partial charge in [0.2, 0.25) is 47.3 Å². The second-order valence-electron chi connectivity index (χ2n) is 20.4. The summed E-state index contributed by atoms with van der Waals surface area (Å²) in [6.45, 7) is 8.11. The van der Waals surface area contributed by atoms with Crippen LogP contribution in [0.25, 0.3) is 0 Å². The van der Waals surface area contributed by atoms with Crippen molar-refractivity contribution < 1.29 is 78.2 Å². The molecule has 29 heteroatoms. The molecule has 1 unspecified atom stereocenters. The van der Waals surface area contributed by atoms with Gasteiger partial charge in [-0.05, 0) is 67.2 Å². The lowest BCUT2D eigenvalue weighted by Gasteiger charge is -2.31. The van der Waals surface area contributed by atoms with Crippen molar-refractivity contribution in [2.75, 3.05) is 32.0 Å². The van der Waals surface area contributed by atoms with E-state index in [4.69, 9.17) is 26.7 Å². The van der Waals surface area contributed by atoms with Crippen molar-refractivity contribution in [3.63, 3.8) is 0 Å². The summed E-state index contributed by atoms with van der Waals surface area (Å²) < 4.78 is 5.38. The predicted molar refractivity (Wildman–Crippen MR) is 297 cm³/mol. The van der Waals surface area contributed by atoms with Crippen LogP contribution >= 0.6 is 0 Å². The molecule has 11 atom stereocenters. The number of benzene rings is 2. The van der Waals surface area contributed by atoms with Crippen molar-refractivity contribution in [3.8, 4) is 0 Å². The maximum Gasteiger partial charge on any atom is 0.408 e. The summed E-state index contributed by atoms with van der Waals surface area (Å²) in [5.74, 6) is -11.7. The third-order valence-corrected chi connectivity index (χ3v) is 12.7. The lowest BCUT2D eigenvalue weighted by atomic mass is 9.96. The molecule has 0 saturated carbocycles. The molecule has 9 amide bonds. The first-order valence-electron chi connectivity index (χ1n) is 26.7. The highest BCUT2D eigenvalue weighted by Gasteiger charge is 2.38. The number of nitrogens with one attached hydrogen (secondary N) is 11. The molecule has 2 aromatic rings. The van der Waals surface area contributed by atoms with Crippen LogP contribution in [-0.4, -0.2) is 178 Å². The Hall–Kier alpha value is -8.15. The van der Waals surface area contributed by atoms with Crippen LogP contribution in [-0.2, 0) is 60.9 Å². The van der Waals surface area contributed by atoms with Gasteiger partial charge in [-0.1, -0.05) is 90.4 Å². The Balaban J connectivity index is 2.41. The fraction of sp³-hybridized carbons (Fsp3) is 0.566. The van der Waals surface area contributed by atoms with E-state index >= 15 is 0 Å². The van der Waals surface area contributed by atoms with Gasteiger partial charge in [0.15, 0.2) is 5.96 Å². The molecule has 0 heterocycles. The maximum absolute atomic E-state index is 14.4. The number of carboxylic acids is 1. The van der Waals surface area contributed by atoms with Crippen molar-refractivity contribution >= 4 is 71.0 Å². The van der Waals surface area contributed by atoms with E-state index in [1.165, 1.54) is 0 Å². The number of nitrogens with two attached hydrogens (primary N) is 2. The number of aliphatic carboxylic acids is 1. The number of alkyl carbamates (subject to hydrolysis) is 1. The van der Waals surface area contributed by atoms with E-state index in [0.717, 1.165) is 6.92 Å². The smallest absolute Gasteiger partial charge is 0.408 e. The normalized spacial score (nSPS) is 15.1. The zero-order valence-corrected chi connectivity index (χ0v) is 47.2. The number of carbonyl (C=O) groups is 10. The van der Waals surface area contributed by atoms with E-state index in [-0.39, 0.29) is 57.1 Å². The molecule has 20 N–H and O–H groups in total. The van der Waals surface area contributed by atoms with Gasteiger partial charge in [-0.2, -0.15) is 0 Å². The SMILES string of the molecule is CC[C@H](C)[C@H](NC(=O)[C@@H](CCCNC(=N)N)NC(=O)[C@H](CC(C)C)NC(=O)[C@@H](NC(=O)[C@H](Cc1cccc(N)c1)NC(=O)OCc1ccccc1)C(O)C(C)C)C(=O)N[C@H](C(=O)NCC(=O)N[C@@H](CO)C(=O)N[C@@H](CO)C(=O)O)[C@H](C)O. The standard InChI is InChI=1S/C53H83N13O16/c1-8-29(6)40(49(77)65-41(30(7)69)48(76)58-23-39(70)59-37(24-67)47(75)62-38(25-68)51(79)80)64-44(72)34(18-13-19-57-52(55)56)60-45(73)35(20-27(2)3)61-50(78)42(43(71)28(4)5)66-46(74)36(22-32-16-12-17-33(54)21-32)63-53(81)82-26-31-14-10-9-11-15-31/h9-12,14-17,21,27-30,34-38,40-43,67-69,71H,8,13,18-20,22-26,54H2,1-7H3,(H,58,76)(H,59,70)(H,60,73)(H,61,78)(H,62,75)(H,63,81)(H,64,72)(H,65,77)(H,66,74)(H,79,80)(H4,55,56,57)/t29-,30-,34+,35-,36-,37-,38-,40-,41-,42-,43?/m0/s1. The van der Waals surface area contributed by atoms with Crippen molar-refractivity contribution in [2.24, 2.45) is 23.5 Å². The summed E-state index contributed by atoms with van der Waals surface area (Å²) in [5, 5.41) is 81.6. The van der Waals surface area contributed by atoms with Crippen LogP contribution in [0, 0.1) is 23.2 Å². The Morgan fingerprint density at radius 2 is 1.16 bits per heavy atom. The number of hydrogen-bond donors (Lipinski definition) is 18. The highest BCUT2D eigenvalue weighted by Crippen LogP contribution is 2.15. The van der Waals surface area contributed by atoms with Gasteiger partial charge in [-0.3, -0.25) is 43.8 Å². The van der Waals surface area contributed by atoms with E-state index in [0.29, 0.717) is 16.8 Å². The fourth-order valence-electron chi connectivity index (χ4n) is 7.83. The Bertz CT molecular complexity index is 2470. The molecule has 0 spiro atoms. The van der Waals surface area contributed by atoms with Crippen LogP contribution < -0.4 is 64.6 Å². The minimum Gasteiger partial charge on any atom is -0.480 e. The molecule has 0 aliphatic heterocycles. The summed E-state index contributed by atoms with van der Waals surface area (Å²) in [5.41, 5.74) is 13.0. The van der Waals surface area contributed by atoms with E-state index in [9.17, 15) is 68.4 Å². The van der Waals surface area contributed by atoms with Crippen LogP contribution in [0.5, 0.6) is 0 Å². The van der Waals surface area contributed by atoms with Crippen molar-refractivity contribution in [1.82, 2.24) is 53.2 Å². The number of anilines is 1. The topological polar surface area (TPSA) is 477 Å². The van der Waals surface area contributed by atoms with Crippen molar-refractivity contribution in [2.45, 2.75) is 148 Å². The monoisotopic (exact) mass is 1160 g/mol. The Morgan fingerprint density at radius 3 is 1.72 bits per heavy atom. The van der Waals surface area contributed by atoms with Crippen LogP contribution in [0.4, 0.5) is 10.5 Å². The average Bonchev–Trinajstić information content (AvgIpc) is 3.43. The molecule has 0 bridgehead atoms. The number of ether oxygens (including phenoxy) is 1. The van der Waals surface area contributed by atoms with Gasteiger partial charge in [-0.15, -0.1) is 0 Å². The second-order valence-corrected chi connectivity index (χ2v) is 20.4. The highest BCUT2D eigenvalue weighted by atomic mass is 16.5. The van der Waals surface area contributed by atoms with Crippen molar-refractivity contribution in [1.29, 1.82) is 5.41 Å². The average molecular weight is 1160 g/mol. The highest BCUT2D eigenvalue weighted by molar-refractivity contribution is 5.98. The maximum atomic E-state index is 14.4. The van der Waals surface area contributed by atoms with Crippen LogP contribution in [0.15, 0.2) is 54.6 Å². The third kappa shape index (κ3) is 24.7. The van der Waals surface area contributed by atoms with Gasteiger partial charge in [0, 0.05) is 18.7 Å². The van der Waals surface area contributed by atoms with E-state index in [1.54, 1.807) is 96.1 Å². The number of hydrogen-bond acceptors (Lipinski definition) is 17. The molecule has 2 rings (SSSR count). The first kappa shape index (κ1) is 70.0. The van der Waals surface area contributed by atoms with E-state index in [2.05, 4.69) is 47.9 Å². The molecule has 0 saturated heterocycles. The minimum atomic E-state index is -1.76. The van der Waals surface area contributed by atoms with E-state index < -0.39 is 151 Å². The van der Waals surface area contributed by atoms with Gasteiger partial charge >= 0.3 is 12.1 Å². The number of guanidine groups is 1. The number of amides is 9. The first-order valence-corrected chi connectivity index (χ1v) is 26.7. The quantitative estimate of drug-likeness (QED) is 0.0137. The van der Waals surface area contributed by atoms with Gasteiger partial charge in [0.25, 0.3) is 0 Å². The van der Waals surface area contributed by atoms with Gasteiger partial charge in [0.05, 0.1) is 32.0 Å². The van der Waals surface area contributed by atoms with Crippen LogP contribution in [0.1, 0.15) is 85.3 Å². The predicted octanol–water partition coefficient (Wildman–Crippen LogP) is -3.56. The van der Waals surface area contributed by atoms with Gasteiger partial charge < -0.3 is 94.9 Å². The molecule has 0 aliphatic rings. The summed E-state index contributed by atoms with van der Waals surface area (Å²) in [6, 6.07) is 2.63. The number of nitrogen functional groups attached to an aromatic ring is 1. The number of rotatable bonds is 35. The molecule has 0 aromatic heterocycles. The zero-order valence-electron chi connectivity index (χ0n) is 47.2. The number of carbonyl (C=O) groups excluding carboxylic acids is 9. The third-order valence-electron chi connectivity index (χ3n) is 12.7. The Kier molecular flexibility index (Phi) is 30.3. The molecule has 0 radical (unpaired) electrons. The Labute approximate surface area is 475 Å². The molecule has 82 heavy (non-hydrogen) atoms. The zero-order chi connectivity index (χ0) is 61.8. The molecule has 0 aliphatic carbocycles. The Morgan fingerprint density at radius 1 is 0.610 bits per heavy atom. The lowest BCUT2D eigenvalue weighted by molar-refractivity contribution is -0.143. The molecule has 456 valence electrons. The summed E-state index contributed by atoms with van der Waals surface area (Å²) in [4.78, 5) is 134. The molecular formula is C53H83N13O16. The fourth-order valence-corrected chi connectivity index (χ4v) is 7.83. The molecule has 29 nitrogen and oxygen atoms in total. The molecule has 2 aromatic carbocycles. The summed E-state index contributed by atoms with van der Waals surface area (Å²) in [7, 11) is 0. The van der Waals surface area contributed by atoms with Gasteiger partial charge in [0.1, 0.15) is 54.9 Å². The number of aliphatic hydroxyl groups is 4. The van der Waals surface area contributed by atoms with Crippen LogP contribution in [0.3, 0.4) is 0 Å². The van der Waals surface area contributed by atoms with Crippen molar-refractivity contribution in [3.05, 3.63) is 65.7 Å². The largest absolute Gasteiger partial charge is 0.480 e. The summed E-state index contributed by atoms with van der Waals surface area (Å²) >= 11 is 0. The van der Waals surface area contributed by atoms with Crippen LogP contribution in [0.2, 0.25) is 0 Å². The first-order chi connectivity index (χ1) is 38.6. The number of carboxylic acid groups (broad SMARTS) is 1.